The lowest BCUT2D eigenvalue weighted by atomic mass is 10.0. The van der Waals surface area contributed by atoms with Crippen LogP contribution in [0.3, 0.4) is 0 Å². The molecule has 2 aliphatic heterocycles. The van der Waals surface area contributed by atoms with Crippen molar-refractivity contribution in [3.63, 3.8) is 0 Å². The van der Waals surface area contributed by atoms with Gasteiger partial charge in [0.05, 0.1) is 46.7 Å². The number of amides is 1. The Hall–Kier alpha value is -3.79. The molecule has 186 valence electrons. The van der Waals surface area contributed by atoms with Crippen molar-refractivity contribution in [2.45, 2.75) is 25.8 Å². The highest BCUT2D eigenvalue weighted by Gasteiger charge is 2.26. The number of H-pyrrole nitrogens is 1. The molecule has 2 aliphatic rings. The Kier molecular flexibility index (Phi) is 5.67. The molecule has 3 aromatic heterocycles. The summed E-state index contributed by atoms with van der Waals surface area (Å²) in [7, 11) is 0. The van der Waals surface area contributed by atoms with E-state index in [0.29, 0.717) is 55.9 Å². The predicted molar refractivity (Wildman–Crippen MR) is 134 cm³/mol. The number of aryl methyl sites for hydroxylation is 1. The minimum Gasteiger partial charge on any atom is -0.381 e. The van der Waals surface area contributed by atoms with Crippen molar-refractivity contribution in [2.24, 2.45) is 0 Å². The summed E-state index contributed by atoms with van der Waals surface area (Å²) < 4.78 is 21.0. The third-order valence-electron chi connectivity index (χ3n) is 7.30. The molecule has 0 aliphatic carbocycles. The standard InChI is InChI=1S/C26H27FN6O3/c1-16-10-23-21(24-22(25(34)30-23)15-29-33(24)18-2-8-36-9-3-18)12-20(16)26(35)32-6-4-31(5-7-32)19-11-17(27)13-28-14-19/h10-15,18H,2-9H2,1H3,(H,30,34). The minimum absolute atomic E-state index is 0.0529. The number of carbonyl (C=O) groups excluding carboxylic acids is 1. The number of piperazine rings is 1. The average molecular weight is 491 g/mol. The number of ether oxygens (including phenoxy) is 1. The number of pyridine rings is 2. The number of fused-ring (bicyclic) bond motifs is 3. The number of hydrogen-bond acceptors (Lipinski definition) is 6. The molecule has 0 saturated carbocycles. The lowest BCUT2D eigenvalue weighted by molar-refractivity contribution is 0.0675. The molecule has 2 saturated heterocycles. The molecule has 6 rings (SSSR count). The zero-order valence-electron chi connectivity index (χ0n) is 20.0. The SMILES string of the molecule is Cc1cc2[nH]c(=O)c3cnn(C4CCOCC4)c3c2cc1C(=O)N1CCN(c2cncc(F)c2)CC1. The monoisotopic (exact) mass is 490 g/mol. The third-order valence-corrected chi connectivity index (χ3v) is 7.30. The Morgan fingerprint density at radius 3 is 2.58 bits per heavy atom. The number of aromatic nitrogens is 4. The maximum atomic E-state index is 13.6. The second kappa shape index (κ2) is 9.02. The van der Waals surface area contributed by atoms with Crippen molar-refractivity contribution in [3.8, 4) is 0 Å². The summed E-state index contributed by atoms with van der Waals surface area (Å²) in [4.78, 5) is 37.2. The fourth-order valence-electron chi connectivity index (χ4n) is 5.34. The summed E-state index contributed by atoms with van der Waals surface area (Å²) in [5, 5.41) is 5.90. The number of halogens is 1. The van der Waals surface area contributed by atoms with Gasteiger partial charge in [0.25, 0.3) is 11.5 Å². The van der Waals surface area contributed by atoms with Crippen LogP contribution in [0.1, 0.15) is 34.8 Å². The first-order valence-electron chi connectivity index (χ1n) is 12.3. The Bertz CT molecular complexity index is 1520. The van der Waals surface area contributed by atoms with Crippen LogP contribution in [0.4, 0.5) is 10.1 Å². The molecule has 0 bridgehead atoms. The van der Waals surface area contributed by atoms with Gasteiger partial charge in [0.15, 0.2) is 0 Å². The molecule has 2 fully saturated rings. The maximum Gasteiger partial charge on any atom is 0.259 e. The van der Waals surface area contributed by atoms with E-state index >= 15 is 0 Å². The fraction of sp³-hybridized carbons (Fsp3) is 0.385. The second-order valence-electron chi connectivity index (χ2n) is 9.50. The molecule has 4 aromatic rings. The van der Waals surface area contributed by atoms with Crippen molar-refractivity contribution >= 4 is 33.4 Å². The molecule has 0 unspecified atom stereocenters. The molecular weight excluding hydrogens is 463 g/mol. The number of nitrogens with zero attached hydrogens (tertiary/aromatic N) is 5. The number of anilines is 1. The first kappa shape index (κ1) is 22.7. The van der Waals surface area contributed by atoms with Gasteiger partial charge in [-0.3, -0.25) is 19.3 Å². The minimum atomic E-state index is -0.373. The van der Waals surface area contributed by atoms with Crippen LogP contribution in [0, 0.1) is 12.7 Å². The fourth-order valence-corrected chi connectivity index (χ4v) is 5.34. The van der Waals surface area contributed by atoms with E-state index in [9.17, 15) is 14.0 Å². The van der Waals surface area contributed by atoms with Crippen molar-refractivity contribution in [2.75, 3.05) is 44.3 Å². The number of rotatable bonds is 3. The quantitative estimate of drug-likeness (QED) is 0.474. The van der Waals surface area contributed by atoms with E-state index in [0.717, 1.165) is 35.0 Å². The number of aromatic amines is 1. The molecule has 5 heterocycles. The number of nitrogens with one attached hydrogen (secondary N) is 1. The highest BCUT2D eigenvalue weighted by Crippen LogP contribution is 2.30. The van der Waals surface area contributed by atoms with Gasteiger partial charge in [-0.05, 0) is 37.5 Å². The van der Waals surface area contributed by atoms with E-state index in [1.54, 1.807) is 12.4 Å². The van der Waals surface area contributed by atoms with E-state index in [4.69, 9.17) is 4.74 Å². The number of carbonyl (C=O) groups is 1. The van der Waals surface area contributed by atoms with Crippen molar-refractivity contribution in [1.82, 2.24) is 24.6 Å². The number of hydrogen-bond donors (Lipinski definition) is 1. The van der Waals surface area contributed by atoms with Gasteiger partial charge in [-0.25, -0.2) is 4.39 Å². The van der Waals surface area contributed by atoms with Gasteiger partial charge in [-0.1, -0.05) is 0 Å². The number of benzene rings is 1. The molecule has 1 N–H and O–H groups in total. The molecule has 0 radical (unpaired) electrons. The molecule has 10 heteroatoms. The second-order valence-corrected chi connectivity index (χ2v) is 9.50. The van der Waals surface area contributed by atoms with Gasteiger partial charge in [0, 0.05) is 56.4 Å². The van der Waals surface area contributed by atoms with Crippen LogP contribution in [-0.4, -0.2) is 69.9 Å². The van der Waals surface area contributed by atoms with Crippen molar-refractivity contribution < 1.29 is 13.9 Å². The Labute approximate surface area is 206 Å². The van der Waals surface area contributed by atoms with Crippen molar-refractivity contribution in [1.29, 1.82) is 0 Å². The summed E-state index contributed by atoms with van der Waals surface area (Å²) in [6.45, 7) is 5.44. The van der Waals surface area contributed by atoms with E-state index < -0.39 is 0 Å². The van der Waals surface area contributed by atoms with Crippen LogP contribution in [0.25, 0.3) is 21.8 Å². The van der Waals surface area contributed by atoms with Gasteiger partial charge >= 0.3 is 0 Å². The zero-order chi connectivity index (χ0) is 24.8. The lowest BCUT2D eigenvalue weighted by Gasteiger charge is -2.36. The van der Waals surface area contributed by atoms with Gasteiger partial charge < -0.3 is 19.5 Å². The van der Waals surface area contributed by atoms with E-state index in [2.05, 4.69) is 15.1 Å². The van der Waals surface area contributed by atoms with Gasteiger partial charge in [-0.2, -0.15) is 5.10 Å². The van der Waals surface area contributed by atoms with Crippen LogP contribution >= 0.6 is 0 Å². The topological polar surface area (TPSA) is 96.3 Å². The van der Waals surface area contributed by atoms with Crippen LogP contribution in [0.15, 0.2) is 41.6 Å². The average Bonchev–Trinajstić information content (AvgIpc) is 3.35. The summed E-state index contributed by atoms with van der Waals surface area (Å²) in [5.41, 5.74) is 3.40. The summed E-state index contributed by atoms with van der Waals surface area (Å²) in [6, 6.07) is 5.38. The van der Waals surface area contributed by atoms with Gasteiger partial charge in [0.1, 0.15) is 5.82 Å². The molecule has 1 amide bonds. The van der Waals surface area contributed by atoms with Gasteiger partial charge in [-0.15, -0.1) is 0 Å². The molecule has 9 nitrogen and oxygen atoms in total. The smallest absolute Gasteiger partial charge is 0.259 e. The third kappa shape index (κ3) is 3.91. The molecule has 36 heavy (non-hydrogen) atoms. The Balaban J connectivity index is 1.34. The highest BCUT2D eigenvalue weighted by molar-refractivity contribution is 6.07. The highest BCUT2D eigenvalue weighted by atomic mass is 19.1. The summed E-state index contributed by atoms with van der Waals surface area (Å²) in [6.07, 6.45) is 6.10. The largest absolute Gasteiger partial charge is 0.381 e. The van der Waals surface area contributed by atoms with Crippen molar-refractivity contribution in [3.05, 3.63) is 64.1 Å². The molecular formula is C26H27FN6O3. The zero-order valence-corrected chi connectivity index (χ0v) is 20.0. The van der Waals surface area contributed by atoms with E-state index in [-0.39, 0.29) is 23.3 Å². The normalized spacial score (nSPS) is 17.3. The lowest BCUT2D eigenvalue weighted by Crippen LogP contribution is -2.49. The first-order valence-corrected chi connectivity index (χ1v) is 12.3. The van der Waals surface area contributed by atoms with E-state index in [1.807, 2.05) is 33.5 Å². The van der Waals surface area contributed by atoms with Gasteiger partial charge in [0.2, 0.25) is 0 Å². The first-order chi connectivity index (χ1) is 17.5. The van der Waals surface area contributed by atoms with Crippen LogP contribution < -0.4 is 10.5 Å². The summed E-state index contributed by atoms with van der Waals surface area (Å²) >= 11 is 0. The molecule has 0 spiro atoms. The molecule has 0 atom stereocenters. The van der Waals surface area contributed by atoms with Crippen LogP contribution in [-0.2, 0) is 4.74 Å². The predicted octanol–water partition coefficient (Wildman–Crippen LogP) is 3.03. The molecule has 1 aromatic carbocycles. The Morgan fingerprint density at radius 2 is 1.83 bits per heavy atom. The summed E-state index contributed by atoms with van der Waals surface area (Å²) in [5.74, 6) is -0.426. The van der Waals surface area contributed by atoms with E-state index in [1.165, 1.54) is 12.3 Å². The van der Waals surface area contributed by atoms with Crippen LogP contribution in [0.5, 0.6) is 0 Å². The van der Waals surface area contributed by atoms with Crippen LogP contribution in [0.2, 0.25) is 0 Å². The Morgan fingerprint density at radius 1 is 1.06 bits per heavy atom. The maximum absolute atomic E-state index is 13.6.